The highest BCUT2D eigenvalue weighted by Gasteiger charge is 2.28. The van der Waals surface area contributed by atoms with Gasteiger partial charge in [-0.15, -0.1) is 23.5 Å². The molecule has 5 heteroatoms. The lowest BCUT2D eigenvalue weighted by Gasteiger charge is -2.31. The van der Waals surface area contributed by atoms with Crippen LogP contribution in [0.3, 0.4) is 0 Å². The molecule has 0 N–H and O–H groups in total. The Labute approximate surface area is 176 Å². The van der Waals surface area contributed by atoms with Crippen molar-refractivity contribution in [1.29, 1.82) is 0 Å². The molecular formula is C23H27NO2S2. The van der Waals surface area contributed by atoms with Crippen molar-refractivity contribution in [2.45, 2.75) is 36.3 Å². The van der Waals surface area contributed by atoms with Crippen LogP contribution in [0.1, 0.15) is 57.8 Å². The summed E-state index contributed by atoms with van der Waals surface area (Å²) < 4.78 is 5.82. The maximum absolute atomic E-state index is 13.4. The van der Waals surface area contributed by atoms with Crippen LogP contribution < -0.4 is 4.74 Å². The first-order valence-electron chi connectivity index (χ1n) is 10.0. The summed E-state index contributed by atoms with van der Waals surface area (Å²) in [4.78, 5) is 15.5. The van der Waals surface area contributed by atoms with Gasteiger partial charge in [0, 0.05) is 23.6 Å². The first-order chi connectivity index (χ1) is 13.8. The number of methoxy groups -OCH3 is 1. The molecule has 0 saturated carbocycles. The number of ether oxygens (including phenoxy) is 1. The first-order valence-corrected chi connectivity index (χ1v) is 12.1. The Morgan fingerprint density at radius 2 is 1.61 bits per heavy atom. The van der Waals surface area contributed by atoms with Gasteiger partial charge in [0.2, 0.25) is 0 Å². The van der Waals surface area contributed by atoms with Crippen LogP contribution in [0.4, 0.5) is 0 Å². The van der Waals surface area contributed by atoms with Gasteiger partial charge in [-0.1, -0.05) is 37.1 Å². The van der Waals surface area contributed by atoms with E-state index in [0.29, 0.717) is 4.58 Å². The zero-order chi connectivity index (χ0) is 19.3. The van der Waals surface area contributed by atoms with E-state index in [0.717, 1.165) is 37.1 Å². The van der Waals surface area contributed by atoms with Crippen molar-refractivity contribution < 1.29 is 9.53 Å². The molecule has 2 fully saturated rings. The van der Waals surface area contributed by atoms with Gasteiger partial charge >= 0.3 is 0 Å². The van der Waals surface area contributed by atoms with E-state index in [4.69, 9.17) is 4.74 Å². The molecule has 1 atom stereocenters. The highest BCUT2D eigenvalue weighted by atomic mass is 32.2. The van der Waals surface area contributed by atoms with Gasteiger partial charge in [0.1, 0.15) is 5.75 Å². The van der Waals surface area contributed by atoms with Gasteiger partial charge in [0.25, 0.3) is 5.91 Å². The molecule has 2 aliphatic rings. The fourth-order valence-corrected chi connectivity index (χ4v) is 6.88. The summed E-state index contributed by atoms with van der Waals surface area (Å²) in [5, 5.41) is 0. The van der Waals surface area contributed by atoms with Crippen molar-refractivity contribution in [2.75, 3.05) is 25.2 Å². The predicted octanol–water partition coefficient (Wildman–Crippen LogP) is 5.93. The Bertz CT molecular complexity index is 785. The lowest BCUT2D eigenvalue weighted by Crippen LogP contribution is -2.34. The number of amides is 1. The van der Waals surface area contributed by atoms with Gasteiger partial charge in [-0.3, -0.25) is 4.79 Å². The fourth-order valence-electron chi connectivity index (χ4n) is 4.02. The van der Waals surface area contributed by atoms with Gasteiger partial charge in [0.05, 0.1) is 17.7 Å². The largest absolute Gasteiger partial charge is 0.497 e. The van der Waals surface area contributed by atoms with Crippen LogP contribution in [0, 0.1) is 0 Å². The Kier molecular flexibility index (Phi) is 6.53. The van der Waals surface area contributed by atoms with E-state index in [9.17, 15) is 4.79 Å². The number of rotatable bonds is 4. The number of hydrogen-bond donors (Lipinski definition) is 0. The zero-order valence-electron chi connectivity index (χ0n) is 16.3. The minimum Gasteiger partial charge on any atom is -0.497 e. The van der Waals surface area contributed by atoms with Crippen LogP contribution in [0.15, 0.2) is 48.5 Å². The number of benzene rings is 2. The van der Waals surface area contributed by atoms with Crippen molar-refractivity contribution in [1.82, 2.24) is 4.90 Å². The number of likely N-dealkylation sites (tertiary alicyclic amines) is 1. The van der Waals surface area contributed by atoms with Gasteiger partial charge in [-0.25, -0.2) is 0 Å². The summed E-state index contributed by atoms with van der Waals surface area (Å²) in [5.41, 5.74) is 3.33. The molecule has 2 aromatic rings. The molecule has 0 bridgehead atoms. The SMILES string of the molecule is COc1ccc(C2CCCCCN2C(=O)c2ccc(C3SCCS3)cc2)cc1. The quantitative estimate of drug-likeness (QED) is 0.621. The number of carbonyl (C=O) groups excluding carboxylic acids is 1. The Hall–Kier alpha value is -1.59. The average molecular weight is 414 g/mol. The second-order valence-electron chi connectivity index (χ2n) is 7.33. The molecule has 28 heavy (non-hydrogen) atoms. The topological polar surface area (TPSA) is 29.5 Å². The Morgan fingerprint density at radius 1 is 0.929 bits per heavy atom. The number of thioether (sulfide) groups is 2. The Balaban J connectivity index is 1.55. The molecule has 1 amide bonds. The monoisotopic (exact) mass is 413 g/mol. The van der Waals surface area contributed by atoms with Crippen molar-refractivity contribution in [3.8, 4) is 5.75 Å². The van der Waals surface area contributed by atoms with E-state index in [1.807, 2.05) is 47.8 Å². The minimum absolute atomic E-state index is 0.140. The van der Waals surface area contributed by atoms with Crippen LogP contribution in [-0.4, -0.2) is 36.0 Å². The molecule has 2 aliphatic heterocycles. The van der Waals surface area contributed by atoms with Gasteiger partial charge in [0.15, 0.2) is 0 Å². The molecule has 0 spiro atoms. The average Bonchev–Trinajstić information content (AvgIpc) is 3.18. The van der Waals surface area contributed by atoms with Crippen LogP contribution in [0.25, 0.3) is 0 Å². The summed E-state index contributed by atoms with van der Waals surface area (Å²) in [6.45, 7) is 0.825. The maximum atomic E-state index is 13.4. The lowest BCUT2D eigenvalue weighted by atomic mass is 9.99. The molecule has 1 unspecified atom stereocenters. The molecular weight excluding hydrogens is 386 g/mol. The van der Waals surface area contributed by atoms with Crippen molar-refractivity contribution in [3.63, 3.8) is 0 Å². The highest BCUT2D eigenvalue weighted by molar-refractivity contribution is 8.19. The van der Waals surface area contributed by atoms with Gasteiger partial charge in [-0.05, 0) is 48.2 Å². The first kappa shape index (κ1) is 19.7. The maximum Gasteiger partial charge on any atom is 0.254 e. The van der Waals surface area contributed by atoms with E-state index in [1.54, 1.807) is 7.11 Å². The normalized spacial score (nSPS) is 20.8. The third kappa shape index (κ3) is 4.36. The Morgan fingerprint density at radius 3 is 2.29 bits per heavy atom. The second-order valence-corrected chi connectivity index (χ2v) is 10.1. The fraction of sp³-hybridized carbons (Fsp3) is 0.435. The van der Waals surface area contributed by atoms with Crippen LogP contribution in [0.5, 0.6) is 5.75 Å². The van der Waals surface area contributed by atoms with Crippen LogP contribution in [-0.2, 0) is 0 Å². The third-order valence-electron chi connectivity index (χ3n) is 5.57. The second kappa shape index (κ2) is 9.27. The van der Waals surface area contributed by atoms with Crippen LogP contribution >= 0.6 is 23.5 Å². The molecule has 2 saturated heterocycles. The molecule has 148 valence electrons. The molecule has 4 rings (SSSR count). The summed E-state index contributed by atoms with van der Waals surface area (Å²) in [7, 11) is 1.68. The van der Waals surface area contributed by atoms with Crippen molar-refractivity contribution in [3.05, 3.63) is 65.2 Å². The summed E-state index contributed by atoms with van der Waals surface area (Å²) >= 11 is 4.00. The van der Waals surface area contributed by atoms with Crippen molar-refractivity contribution >= 4 is 29.4 Å². The van der Waals surface area contributed by atoms with Gasteiger partial charge < -0.3 is 9.64 Å². The van der Waals surface area contributed by atoms with E-state index in [-0.39, 0.29) is 11.9 Å². The standard InChI is InChI=1S/C23H27NO2S2/c1-26-20-12-10-17(11-13-20)21-5-3-2-4-14-24(21)22(25)18-6-8-19(9-7-18)23-27-15-16-28-23/h6-13,21,23H,2-5,14-16H2,1H3. The number of nitrogens with zero attached hydrogens (tertiary/aromatic N) is 1. The third-order valence-corrected chi connectivity index (χ3v) is 8.67. The summed E-state index contributed by atoms with van der Waals surface area (Å²) in [6.07, 6.45) is 4.44. The zero-order valence-corrected chi connectivity index (χ0v) is 17.9. The number of hydrogen-bond acceptors (Lipinski definition) is 4. The lowest BCUT2D eigenvalue weighted by molar-refractivity contribution is 0.0681. The van der Waals surface area contributed by atoms with E-state index in [2.05, 4.69) is 29.2 Å². The molecule has 2 heterocycles. The molecule has 0 radical (unpaired) electrons. The summed E-state index contributed by atoms with van der Waals surface area (Å²) in [5.74, 6) is 3.44. The number of carbonyl (C=O) groups is 1. The molecule has 0 aliphatic carbocycles. The predicted molar refractivity (Wildman–Crippen MR) is 119 cm³/mol. The molecule has 3 nitrogen and oxygen atoms in total. The molecule has 2 aromatic carbocycles. The smallest absolute Gasteiger partial charge is 0.254 e. The van der Waals surface area contributed by atoms with Crippen LogP contribution in [0.2, 0.25) is 0 Å². The van der Waals surface area contributed by atoms with E-state index in [1.165, 1.54) is 29.1 Å². The highest BCUT2D eigenvalue weighted by Crippen LogP contribution is 2.45. The van der Waals surface area contributed by atoms with Crippen molar-refractivity contribution in [2.24, 2.45) is 0 Å². The molecule has 0 aromatic heterocycles. The van der Waals surface area contributed by atoms with E-state index < -0.39 is 0 Å². The summed E-state index contributed by atoms with van der Waals surface area (Å²) in [6, 6.07) is 16.7. The minimum atomic E-state index is 0.140. The van der Waals surface area contributed by atoms with Gasteiger partial charge in [-0.2, -0.15) is 0 Å². The van der Waals surface area contributed by atoms with E-state index >= 15 is 0 Å².